The van der Waals surface area contributed by atoms with E-state index in [1.54, 1.807) is 24.5 Å². The van der Waals surface area contributed by atoms with Gasteiger partial charge in [0, 0.05) is 6.20 Å². The lowest BCUT2D eigenvalue weighted by Gasteiger charge is -2.02. The van der Waals surface area contributed by atoms with Gasteiger partial charge in [-0.2, -0.15) is 0 Å². The SMILES string of the molecule is Cc1cnc(CNC(=O)c2ccc(Cl)s2)cn1. The van der Waals surface area contributed by atoms with Crippen molar-refractivity contribution in [2.75, 3.05) is 0 Å². The monoisotopic (exact) mass is 267 g/mol. The summed E-state index contributed by atoms with van der Waals surface area (Å²) >= 11 is 7.01. The number of amides is 1. The molecule has 0 radical (unpaired) electrons. The summed E-state index contributed by atoms with van der Waals surface area (Å²) in [7, 11) is 0. The van der Waals surface area contributed by atoms with E-state index < -0.39 is 0 Å². The molecule has 0 aromatic carbocycles. The number of thiophene rings is 1. The van der Waals surface area contributed by atoms with Crippen molar-refractivity contribution in [1.29, 1.82) is 0 Å². The van der Waals surface area contributed by atoms with E-state index >= 15 is 0 Å². The van der Waals surface area contributed by atoms with Gasteiger partial charge >= 0.3 is 0 Å². The van der Waals surface area contributed by atoms with Crippen molar-refractivity contribution in [2.45, 2.75) is 13.5 Å². The summed E-state index contributed by atoms with van der Waals surface area (Å²) in [4.78, 5) is 20.5. The molecular formula is C11H10ClN3OS. The van der Waals surface area contributed by atoms with E-state index in [0.29, 0.717) is 15.8 Å². The van der Waals surface area contributed by atoms with Gasteiger partial charge in [0.1, 0.15) is 0 Å². The van der Waals surface area contributed by atoms with Crippen LogP contribution in [0.4, 0.5) is 0 Å². The Balaban J connectivity index is 1.94. The number of aryl methyl sites for hydroxylation is 1. The Kier molecular flexibility index (Phi) is 3.71. The van der Waals surface area contributed by atoms with Gasteiger partial charge in [-0.1, -0.05) is 11.6 Å². The predicted molar refractivity (Wildman–Crippen MR) is 67.3 cm³/mol. The first-order valence-corrected chi connectivity index (χ1v) is 6.15. The van der Waals surface area contributed by atoms with Crippen LogP contribution in [0.3, 0.4) is 0 Å². The molecule has 2 aromatic heterocycles. The predicted octanol–water partition coefficient (Wildman–Crippen LogP) is 2.43. The van der Waals surface area contributed by atoms with Gasteiger partial charge in [0.25, 0.3) is 5.91 Å². The normalized spacial score (nSPS) is 10.2. The van der Waals surface area contributed by atoms with Crippen molar-refractivity contribution in [3.63, 3.8) is 0 Å². The molecule has 0 atom stereocenters. The van der Waals surface area contributed by atoms with Crippen LogP contribution in [0.2, 0.25) is 4.34 Å². The van der Waals surface area contributed by atoms with E-state index in [4.69, 9.17) is 11.6 Å². The van der Waals surface area contributed by atoms with Gasteiger partial charge < -0.3 is 5.32 Å². The van der Waals surface area contributed by atoms with Crippen LogP contribution in [-0.4, -0.2) is 15.9 Å². The second kappa shape index (κ2) is 5.25. The van der Waals surface area contributed by atoms with Gasteiger partial charge in [0.15, 0.2) is 0 Å². The highest BCUT2D eigenvalue weighted by Gasteiger charge is 2.08. The Morgan fingerprint density at radius 3 is 2.82 bits per heavy atom. The first-order valence-electron chi connectivity index (χ1n) is 4.96. The highest BCUT2D eigenvalue weighted by Crippen LogP contribution is 2.21. The Morgan fingerprint density at radius 1 is 1.41 bits per heavy atom. The summed E-state index contributed by atoms with van der Waals surface area (Å²) in [5.41, 5.74) is 1.58. The zero-order chi connectivity index (χ0) is 12.3. The zero-order valence-electron chi connectivity index (χ0n) is 9.11. The van der Waals surface area contributed by atoms with Gasteiger partial charge in [-0.3, -0.25) is 14.8 Å². The molecule has 2 heterocycles. The van der Waals surface area contributed by atoms with E-state index in [1.807, 2.05) is 6.92 Å². The first-order chi connectivity index (χ1) is 8.15. The maximum Gasteiger partial charge on any atom is 0.261 e. The molecular weight excluding hydrogens is 258 g/mol. The molecule has 0 fully saturated rings. The summed E-state index contributed by atoms with van der Waals surface area (Å²) in [6.45, 7) is 2.23. The van der Waals surface area contributed by atoms with Crippen molar-refractivity contribution >= 4 is 28.8 Å². The Hall–Kier alpha value is -1.46. The average molecular weight is 268 g/mol. The molecule has 17 heavy (non-hydrogen) atoms. The molecule has 0 spiro atoms. The molecule has 0 saturated heterocycles. The maximum absolute atomic E-state index is 11.7. The molecule has 1 N–H and O–H groups in total. The van der Waals surface area contributed by atoms with E-state index in [9.17, 15) is 4.79 Å². The van der Waals surface area contributed by atoms with Crippen LogP contribution >= 0.6 is 22.9 Å². The van der Waals surface area contributed by atoms with Crippen molar-refractivity contribution in [3.05, 3.63) is 45.1 Å². The second-order valence-corrected chi connectivity index (χ2v) is 5.15. The van der Waals surface area contributed by atoms with Crippen LogP contribution in [0.25, 0.3) is 0 Å². The summed E-state index contributed by atoms with van der Waals surface area (Å²) in [6.07, 6.45) is 3.32. The molecule has 6 heteroatoms. The van der Waals surface area contributed by atoms with E-state index in [2.05, 4.69) is 15.3 Å². The number of aromatic nitrogens is 2. The summed E-state index contributed by atoms with van der Waals surface area (Å²) in [5, 5.41) is 2.76. The second-order valence-electron chi connectivity index (χ2n) is 3.44. The van der Waals surface area contributed by atoms with Crippen molar-refractivity contribution in [2.24, 2.45) is 0 Å². The van der Waals surface area contributed by atoms with Crippen LogP contribution in [0.15, 0.2) is 24.5 Å². The van der Waals surface area contributed by atoms with E-state index in [-0.39, 0.29) is 5.91 Å². The molecule has 0 bridgehead atoms. The number of carbonyl (C=O) groups excluding carboxylic acids is 1. The number of carbonyl (C=O) groups is 1. The number of nitrogens with one attached hydrogen (secondary N) is 1. The number of hydrogen-bond donors (Lipinski definition) is 1. The third kappa shape index (κ3) is 3.25. The smallest absolute Gasteiger partial charge is 0.261 e. The third-order valence-corrected chi connectivity index (χ3v) is 3.29. The molecule has 4 nitrogen and oxygen atoms in total. The average Bonchev–Trinajstić information content (AvgIpc) is 2.75. The highest BCUT2D eigenvalue weighted by atomic mass is 35.5. The number of nitrogens with zero attached hydrogens (tertiary/aromatic N) is 2. The number of rotatable bonds is 3. The minimum absolute atomic E-state index is 0.149. The molecule has 0 unspecified atom stereocenters. The van der Waals surface area contributed by atoms with Crippen molar-refractivity contribution < 1.29 is 4.79 Å². The van der Waals surface area contributed by atoms with Crippen molar-refractivity contribution in [1.82, 2.24) is 15.3 Å². The molecule has 2 aromatic rings. The van der Waals surface area contributed by atoms with Gasteiger partial charge in [0.2, 0.25) is 0 Å². The molecule has 0 aliphatic heterocycles. The fraction of sp³-hybridized carbons (Fsp3) is 0.182. The largest absolute Gasteiger partial charge is 0.346 e. The fourth-order valence-electron chi connectivity index (χ4n) is 1.20. The quantitative estimate of drug-likeness (QED) is 0.929. The zero-order valence-corrected chi connectivity index (χ0v) is 10.7. The molecule has 0 aliphatic carbocycles. The number of hydrogen-bond acceptors (Lipinski definition) is 4. The lowest BCUT2D eigenvalue weighted by atomic mass is 10.4. The van der Waals surface area contributed by atoms with E-state index in [0.717, 1.165) is 11.4 Å². The first kappa shape index (κ1) is 12.0. The minimum Gasteiger partial charge on any atom is -0.346 e. The number of halogens is 1. The lowest BCUT2D eigenvalue weighted by Crippen LogP contribution is -2.22. The molecule has 1 amide bonds. The molecule has 88 valence electrons. The molecule has 2 rings (SSSR count). The van der Waals surface area contributed by atoms with Gasteiger partial charge in [-0.25, -0.2) is 0 Å². The summed E-state index contributed by atoms with van der Waals surface area (Å²) in [6, 6.07) is 3.40. The van der Waals surface area contributed by atoms with Crippen LogP contribution in [0, 0.1) is 6.92 Å². The maximum atomic E-state index is 11.7. The third-order valence-electron chi connectivity index (χ3n) is 2.06. The van der Waals surface area contributed by atoms with E-state index in [1.165, 1.54) is 11.3 Å². The van der Waals surface area contributed by atoms with Crippen molar-refractivity contribution in [3.8, 4) is 0 Å². The van der Waals surface area contributed by atoms with Crippen LogP contribution in [-0.2, 0) is 6.54 Å². The Bertz CT molecular complexity index is 524. The van der Waals surface area contributed by atoms with Gasteiger partial charge in [-0.05, 0) is 19.1 Å². The van der Waals surface area contributed by atoms with Crippen LogP contribution < -0.4 is 5.32 Å². The van der Waals surface area contributed by atoms with Crippen LogP contribution in [0.5, 0.6) is 0 Å². The summed E-state index contributed by atoms with van der Waals surface area (Å²) < 4.78 is 0.602. The molecule has 0 saturated carbocycles. The Morgan fingerprint density at radius 2 is 2.24 bits per heavy atom. The lowest BCUT2D eigenvalue weighted by molar-refractivity contribution is 0.0954. The summed E-state index contributed by atoms with van der Waals surface area (Å²) in [5.74, 6) is -0.149. The standard InChI is InChI=1S/C11H10ClN3OS/c1-7-4-14-8(5-13-7)6-15-11(16)9-2-3-10(12)17-9/h2-5H,6H2,1H3,(H,15,16). The topological polar surface area (TPSA) is 54.9 Å². The highest BCUT2D eigenvalue weighted by molar-refractivity contribution is 7.17. The fourth-order valence-corrected chi connectivity index (χ4v) is 2.16. The van der Waals surface area contributed by atoms with Crippen LogP contribution in [0.1, 0.15) is 21.1 Å². The molecule has 0 aliphatic rings. The van der Waals surface area contributed by atoms with Gasteiger partial charge in [-0.15, -0.1) is 11.3 Å². The minimum atomic E-state index is -0.149. The Labute approximate surface area is 108 Å². The van der Waals surface area contributed by atoms with Gasteiger partial charge in [0.05, 0.1) is 33.3 Å².